The molecule has 1 aromatic heterocycles. The average molecular weight is 328 g/mol. The number of carboxylic acid groups (broad SMARTS) is 1. The summed E-state index contributed by atoms with van der Waals surface area (Å²) in [6.07, 6.45) is -0.250. The van der Waals surface area contributed by atoms with E-state index in [1.165, 1.54) is 25.3 Å². The second-order valence-electron chi connectivity index (χ2n) is 5.47. The fraction of sp³-hybridized carbons (Fsp3) is 0.222. The first-order chi connectivity index (χ1) is 11.5. The lowest BCUT2D eigenvalue weighted by molar-refractivity contribution is 0.0697. The molecule has 2 aromatic carbocycles. The van der Waals surface area contributed by atoms with Crippen molar-refractivity contribution in [3.63, 3.8) is 0 Å². The minimum atomic E-state index is -1.12. The molecule has 0 radical (unpaired) electrons. The van der Waals surface area contributed by atoms with E-state index in [2.05, 4.69) is 0 Å². The van der Waals surface area contributed by atoms with Crippen molar-refractivity contribution in [1.29, 1.82) is 0 Å². The van der Waals surface area contributed by atoms with Crippen LogP contribution in [-0.2, 0) is 0 Å². The zero-order chi connectivity index (χ0) is 17.4. The maximum Gasteiger partial charge on any atom is 0.335 e. The number of rotatable bonds is 4. The summed E-state index contributed by atoms with van der Waals surface area (Å²) in [5.74, 6) is -0.777. The highest BCUT2D eigenvalue weighted by molar-refractivity contribution is 5.97. The van der Waals surface area contributed by atoms with Crippen LogP contribution in [0.25, 0.3) is 21.9 Å². The summed E-state index contributed by atoms with van der Waals surface area (Å²) in [6, 6.07) is 7.31. The molecule has 1 unspecified atom stereocenters. The first-order valence-corrected chi connectivity index (χ1v) is 7.46. The molecule has 0 saturated carbocycles. The lowest BCUT2D eigenvalue weighted by atomic mass is 10.0. The van der Waals surface area contributed by atoms with Gasteiger partial charge in [-0.05, 0) is 42.3 Å². The van der Waals surface area contributed by atoms with Crippen LogP contribution in [0.5, 0.6) is 5.75 Å². The molecular formula is C18H16O6. The van der Waals surface area contributed by atoms with Gasteiger partial charge >= 0.3 is 5.97 Å². The molecule has 24 heavy (non-hydrogen) atoms. The van der Waals surface area contributed by atoms with Gasteiger partial charge in [0.2, 0.25) is 5.43 Å². The molecule has 0 fully saturated rings. The van der Waals surface area contributed by atoms with Gasteiger partial charge in [0.05, 0.1) is 29.5 Å². The van der Waals surface area contributed by atoms with Gasteiger partial charge in [-0.2, -0.15) is 0 Å². The molecule has 0 aliphatic rings. The summed E-state index contributed by atoms with van der Waals surface area (Å²) in [7, 11) is 1.45. The number of hydrogen-bond acceptors (Lipinski definition) is 5. The van der Waals surface area contributed by atoms with E-state index in [1.54, 1.807) is 12.1 Å². The van der Waals surface area contributed by atoms with E-state index in [-0.39, 0.29) is 32.9 Å². The van der Waals surface area contributed by atoms with Crippen LogP contribution >= 0.6 is 0 Å². The molecule has 3 rings (SSSR count). The van der Waals surface area contributed by atoms with Crippen LogP contribution < -0.4 is 10.2 Å². The Kier molecular flexibility index (Phi) is 3.99. The summed E-state index contributed by atoms with van der Waals surface area (Å²) in [6.45, 7) is 1.82. The Labute approximate surface area is 136 Å². The van der Waals surface area contributed by atoms with Crippen molar-refractivity contribution in [3.05, 3.63) is 51.7 Å². The van der Waals surface area contributed by atoms with E-state index in [4.69, 9.17) is 14.3 Å². The minimum absolute atomic E-state index is 0.00543. The standard InChI is InChI=1S/C18H16O6/c1-3-13(19)10-7-12-16(20)11-6-9(18(21)22)4-5-14(11)24-17(12)15(8-10)23-2/h4-8,13,19H,3H2,1-2H3,(H,21,22). The Morgan fingerprint density at radius 3 is 2.62 bits per heavy atom. The predicted octanol–water partition coefficient (Wildman–Crippen LogP) is 3.10. The van der Waals surface area contributed by atoms with Crippen molar-refractivity contribution < 1.29 is 24.2 Å². The lowest BCUT2D eigenvalue weighted by Gasteiger charge is -2.12. The minimum Gasteiger partial charge on any atom is -0.493 e. The number of benzene rings is 2. The van der Waals surface area contributed by atoms with Crippen LogP contribution in [0, 0.1) is 0 Å². The molecule has 0 aliphatic heterocycles. The molecule has 1 heterocycles. The van der Waals surface area contributed by atoms with Gasteiger partial charge in [-0.1, -0.05) is 6.92 Å². The molecular weight excluding hydrogens is 312 g/mol. The molecule has 2 N–H and O–H groups in total. The van der Waals surface area contributed by atoms with Gasteiger partial charge in [0, 0.05) is 0 Å². The van der Waals surface area contributed by atoms with Crippen LogP contribution in [-0.4, -0.2) is 23.3 Å². The fourth-order valence-electron chi connectivity index (χ4n) is 2.66. The third kappa shape index (κ3) is 2.51. The smallest absolute Gasteiger partial charge is 0.335 e. The molecule has 0 aliphatic carbocycles. The monoisotopic (exact) mass is 328 g/mol. The Morgan fingerprint density at radius 2 is 2.00 bits per heavy atom. The number of carboxylic acids is 1. The Morgan fingerprint density at radius 1 is 1.25 bits per heavy atom. The zero-order valence-electron chi connectivity index (χ0n) is 13.2. The molecule has 0 bridgehead atoms. The van der Waals surface area contributed by atoms with Gasteiger partial charge in [0.1, 0.15) is 5.58 Å². The number of methoxy groups -OCH3 is 1. The highest BCUT2D eigenvalue weighted by Crippen LogP contribution is 2.31. The Bertz CT molecular complexity index is 1000. The number of aromatic carboxylic acids is 1. The first-order valence-electron chi connectivity index (χ1n) is 7.46. The summed E-state index contributed by atoms with van der Waals surface area (Å²) >= 11 is 0. The van der Waals surface area contributed by atoms with Gasteiger partial charge in [-0.15, -0.1) is 0 Å². The topological polar surface area (TPSA) is 97.0 Å². The van der Waals surface area contributed by atoms with E-state index >= 15 is 0 Å². The van der Waals surface area contributed by atoms with E-state index in [0.717, 1.165) is 0 Å². The van der Waals surface area contributed by atoms with Crippen molar-refractivity contribution in [2.24, 2.45) is 0 Å². The van der Waals surface area contributed by atoms with Crippen molar-refractivity contribution in [2.75, 3.05) is 7.11 Å². The van der Waals surface area contributed by atoms with Crippen molar-refractivity contribution >= 4 is 27.9 Å². The number of fused-ring (bicyclic) bond motifs is 2. The number of aliphatic hydroxyl groups is 1. The highest BCUT2D eigenvalue weighted by atomic mass is 16.5. The molecule has 0 spiro atoms. The van der Waals surface area contributed by atoms with Crippen LogP contribution in [0.2, 0.25) is 0 Å². The molecule has 0 amide bonds. The largest absolute Gasteiger partial charge is 0.493 e. The van der Waals surface area contributed by atoms with Gasteiger partial charge in [-0.3, -0.25) is 4.79 Å². The summed E-state index contributed by atoms with van der Waals surface area (Å²) in [5.41, 5.74) is 0.733. The van der Waals surface area contributed by atoms with Crippen molar-refractivity contribution in [1.82, 2.24) is 0 Å². The van der Waals surface area contributed by atoms with E-state index < -0.39 is 12.1 Å². The zero-order valence-corrected chi connectivity index (χ0v) is 13.2. The first kappa shape index (κ1) is 16.0. The van der Waals surface area contributed by atoms with Crippen LogP contribution in [0.15, 0.2) is 39.5 Å². The van der Waals surface area contributed by atoms with E-state index in [1.807, 2.05) is 6.92 Å². The second kappa shape index (κ2) is 5.98. The summed E-state index contributed by atoms with van der Waals surface area (Å²) < 4.78 is 11.0. The van der Waals surface area contributed by atoms with Gasteiger partial charge in [0.25, 0.3) is 0 Å². The number of ether oxygens (including phenoxy) is 1. The Hall–Kier alpha value is -2.86. The lowest BCUT2D eigenvalue weighted by Crippen LogP contribution is -2.07. The number of aliphatic hydroxyl groups excluding tert-OH is 1. The molecule has 124 valence electrons. The predicted molar refractivity (Wildman–Crippen MR) is 88.8 cm³/mol. The maximum atomic E-state index is 12.8. The second-order valence-corrected chi connectivity index (χ2v) is 5.47. The third-order valence-electron chi connectivity index (χ3n) is 4.00. The summed E-state index contributed by atoms with van der Waals surface area (Å²) in [5, 5.41) is 19.6. The SMILES string of the molecule is CCC(O)c1cc(OC)c2oc3ccc(C(=O)O)cc3c(=O)c2c1. The third-order valence-corrected chi connectivity index (χ3v) is 4.00. The highest BCUT2D eigenvalue weighted by Gasteiger charge is 2.17. The number of carbonyl (C=O) groups is 1. The fourth-order valence-corrected chi connectivity index (χ4v) is 2.66. The molecule has 0 saturated heterocycles. The normalized spacial score (nSPS) is 12.5. The molecule has 6 nitrogen and oxygen atoms in total. The van der Waals surface area contributed by atoms with Crippen LogP contribution in [0.4, 0.5) is 0 Å². The van der Waals surface area contributed by atoms with E-state index in [0.29, 0.717) is 17.7 Å². The maximum absolute atomic E-state index is 12.8. The molecule has 1 atom stereocenters. The average Bonchev–Trinajstić information content (AvgIpc) is 2.60. The van der Waals surface area contributed by atoms with Crippen LogP contribution in [0.3, 0.4) is 0 Å². The van der Waals surface area contributed by atoms with Gasteiger partial charge in [0.15, 0.2) is 11.3 Å². The van der Waals surface area contributed by atoms with E-state index in [9.17, 15) is 14.7 Å². The number of hydrogen-bond donors (Lipinski definition) is 2. The van der Waals surface area contributed by atoms with Crippen LogP contribution in [0.1, 0.15) is 35.4 Å². The quantitative estimate of drug-likeness (QED) is 0.714. The Balaban J connectivity index is 2.41. The van der Waals surface area contributed by atoms with Gasteiger partial charge < -0.3 is 19.4 Å². The van der Waals surface area contributed by atoms with Crippen molar-refractivity contribution in [3.8, 4) is 5.75 Å². The summed E-state index contributed by atoms with van der Waals surface area (Å²) in [4.78, 5) is 23.9. The van der Waals surface area contributed by atoms with Crippen molar-refractivity contribution in [2.45, 2.75) is 19.4 Å². The van der Waals surface area contributed by atoms with Gasteiger partial charge in [-0.25, -0.2) is 4.79 Å². The molecule has 6 heteroatoms. The molecule has 3 aromatic rings.